The Balaban J connectivity index is 1.46. The van der Waals surface area contributed by atoms with E-state index in [1.54, 1.807) is 12.3 Å². The maximum Gasteiger partial charge on any atom is 0.229 e. The predicted octanol–water partition coefficient (Wildman–Crippen LogP) is 2.12. The first-order valence-corrected chi connectivity index (χ1v) is 9.24. The number of rotatable bonds is 3. The zero-order valence-electron chi connectivity index (χ0n) is 15.3. The van der Waals surface area contributed by atoms with Crippen LogP contribution in [0.3, 0.4) is 0 Å². The van der Waals surface area contributed by atoms with Gasteiger partial charge in [-0.1, -0.05) is 24.3 Å². The number of amides is 2. The molecule has 3 aromatic rings. The average molecular weight is 373 g/mol. The number of carbonyl (C=O) groups excluding carboxylic acids is 2. The molecule has 2 amide bonds. The molecule has 140 valence electrons. The molecule has 2 fully saturated rings. The quantitative estimate of drug-likeness (QED) is 0.651. The summed E-state index contributed by atoms with van der Waals surface area (Å²) in [5.74, 6) is 0.333. The predicted molar refractivity (Wildman–Crippen MR) is 106 cm³/mol. The Morgan fingerprint density at radius 1 is 1.29 bits per heavy atom. The van der Waals surface area contributed by atoms with Crippen LogP contribution >= 0.6 is 0 Å². The lowest BCUT2D eigenvalue weighted by Gasteiger charge is -2.11. The number of aryl methyl sites for hydroxylation is 1. The molecule has 3 heterocycles. The Hall–Kier alpha value is -3.48. The third-order valence-electron chi connectivity index (χ3n) is 5.70. The van der Waals surface area contributed by atoms with Crippen molar-refractivity contribution >= 4 is 34.2 Å². The second kappa shape index (κ2) is 6.02. The number of carbonyl (C=O) groups is 2. The van der Waals surface area contributed by atoms with Gasteiger partial charge < -0.3 is 16.4 Å². The maximum absolute atomic E-state index is 12.5. The van der Waals surface area contributed by atoms with Gasteiger partial charge in [-0.15, -0.1) is 0 Å². The van der Waals surface area contributed by atoms with E-state index in [0.29, 0.717) is 18.2 Å². The summed E-state index contributed by atoms with van der Waals surface area (Å²) in [6.07, 6.45) is 1.62. The van der Waals surface area contributed by atoms with Crippen LogP contribution in [0.5, 0.6) is 0 Å². The first-order valence-electron chi connectivity index (χ1n) is 9.24. The van der Waals surface area contributed by atoms with Gasteiger partial charge >= 0.3 is 0 Å². The van der Waals surface area contributed by atoms with Crippen molar-refractivity contribution in [1.29, 1.82) is 0 Å². The van der Waals surface area contributed by atoms with Gasteiger partial charge in [0.15, 0.2) is 0 Å². The van der Waals surface area contributed by atoms with Gasteiger partial charge in [-0.2, -0.15) is 0 Å². The summed E-state index contributed by atoms with van der Waals surface area (Å²) >= 11 is 0. The van der Waals surface area contributed by atoms with E-state index in [0.717, 1.165) is 27.6 Å². The minimum atomic E-state index is -0.253. The molecule has 0 bridgehead atoms. The van der Waals surface area contributed by atoms with E-state index in [9.17, 15) is 9.59 Å². The molecule has 0 spiro atoms. The third-order valence-corrected chi connectivity index (χ3v) is 5.70. The van der Waals surface area contributed by atoms with Gasteiger partial charge in [-0.25, -0.2) is 9.97 Å². The summed E-state index contributed by atoms with van der Waals surface area (Å²) in [5, 5.41) is 7.20. The highest BCUT2D eigenvalue weighted by atomic mass is 16.2. The van der Waals surface area contributed by atoms with E-state index in [1.807, 2.05) is 37.3 Å². The van der Waals surface area contributed by atoms with Gasteiger partial charge in [0.25, 0.3) is 0 Å². The van der Waals surface area contributed by atoms with Gasteiger partial charge in [-0.3, -0.25) is 9.59 Å². The molecule has 4 N–H and O–H groups in total. The fourth-order valence-electron chi connectivity index (χ4n) is 4.13. The third kappa shape index (κ3) is 2.58. The summed E-state index contributed by atoms with van der Waals surface area (Å²) in [6.45, 7) is 2.60. The van der Waals surface area contributed by atoms with Gasteiger partial charge in [0.1, 0.15) is 11.6 Å². The fourth-order valence-corrected chi connectivity index (χ4v) is 4.13. The highest BCUT2D eigenvalue weighted by Gasteiger charge is 2.62. The molecule has 2 aliphatic rings. The van der Waals surface area contributed by atoms with Gasteiger partial charge in [0.2, 0.25) is 11.8 Å². The van der Waals surface area contributed by atoms with Crippen LogP contribution in [0.15, 0.2) is 42.6 Å². The van der Waals surface area contributed by atoms with Crippen LogP contribution in [-0.2, 0) is 9.59 Å². The Bertz CT molecular complexity index is 1140. The van der Waals surface area contributed by atoms with Crippen LogP contribution in [0, 0.1) is 24.7 Å². The van der Waals surface area contributed by atoms with Crippen LogP contribution in [0.2, 0.25) is 0 Å². The Morgan fingerprint density at radius 2 is 2.11 bits per heavy atom. The van der Waals surface area contributed by atoms with E-state index < -0.39 is 0 Å². The van der Waals surface area contributed by atoms with Crippen LogP contribution in [-0.4, -0.2) is 28.3 Å². The molecular formula is C21H19N5O2. The molecule has 0 unspecified atom stereocenters. The number of nitrogens with one attached hydrogen (secondary N) is 2. The zero-order valence-corrected chi connectivity index (χ0v) is 15.3. The summed E-state index contributed by atoms with van der Waals surface area (Å²) in [5.41, 5.74) is 9.04. The second-order valence-electron chi connectivity index (χ2n) is 7.45. The van der Waals surface area contributed by atoms with E-state index in [1.165, 1.54) is 0 Å². The van der Waals surface area contributed by atoms with Crippen molar-refractivity contribution in [2.75, 3.05) is 17.6 Å². The number of piperidine rings is 1. The number of nitrogens with zero attached hydrogens (tertiary/aromatic N) is 2. The molecule has 1 aromatic carbocycles. The molecule has 2 aromatic heterocycles. The highest BCUT2D eigenvalue weighted by molar-refractivity contribution is 6.02. The van der Waals surface area contributed by atoms with Gasteiger partial charge in [0.05, 0.1) is 17.5 Å². The van der Waals surface area contributed by atoms with Gasteiger partial charge in [-0.05, 0) is 30.0 Å². The summed E-state index contributed by atoms with van der Waals surface area (Å²) < 4.78 is 0. The Labute approximate surface area is 161 Å². The molecule has 3 atom stereocenters. The first kappa shape index (κ1) is 16.7. The van der Waals surface area contributed by atoms with Crippen LogP contribution in [0.1, 0.15) is 5.56 Å². The molecule has 1 saturated carbocycles. The summed E-state index contributed by atoms with van der Waals surface area (Å²) in [7, 11) is 0. The van der Waals surface area contributed by atoms with Crippen molar-refractivity contribution < 1.29 is 9.59 Å². The number of anilines is 2. The minimum Gasteiger partial charge on any atom is -0.383 e. The van der Waals surface area contributed by atoms with Crippen LogP contribution in [0.4, 0.5) is 11.6 Å². The lowest BCUT2D eigenvalue weighted by molar-refractivity contribution is -0.124. The number of hydrogen-bond acceptors (Lipinski definition) is 5. The lowest BCUT2D eigenvalue weighted by atomic mass is 10.0. The molecule has 1 aliphatic heterocycles. The van der Waals surface area contributed by atoms with Crippen molar-refractivity contribution in [2.45, 2.75) is 6.92 Å². The number of hydrogen-bond donors (Lipinski definition) is 3. The van der Waals surface area contributed by atoms with Crippen molar-refractivity contribution in [3.05, 3.63) is 48.2 Å². The molecule has 28 heavy (non-hydrogen) atoms. The molecular weight excluding hydrogens is 354 g/mol. The maximum atomic E-state index is 12.5. The smallest absolute Gasteiger partial charge is 0.229 e. The minimum absolute atomic E-state index is 0.0293. The zero-order chi connectivity index (χ0) is 19.4. The van der Waals surface area contributed by atoms with Crippen molar-refractivity contribution in [3.8, 4) is 11.3 Å². The first-order chi connectivity index (χ1) is 13.5. The second-order valence-corrected chi connectivity index (χ2v) is 7.45. The van der Waals surface area contributed by atoms with Crippen LogP contribution in [0.25, 0.3) is 22.0 Å². The topological polar surface area (TPSA) is 110 Å². The van der Waals surface area contributed by atoms with Crippen molar-refractivity contribution in [3.63, 3.8) is 0 Å². The number of nitrogen functional groups attached to an aromatic ring is 1. The van der Waals surface area contributed by atoms with E-state index in [-0.39, 0.29) is 29.6 Å². The number of nitrogens with two attached hydrogens (primary N) is 1. The molecule has 7 heteroatoms. The lowest BCUT2D eigenvalue weighted by Crippen LogP contribution is -2.27. The average Bonchev–Trinajstić information content (AvgIpc) is 3.30. The normalized spacial score (nSPS) is 22.6. The molecule has 7 nitrogen and oxygen atoms in total. The number of fused-ring (bicyclic) bond motifs is 2. The standard InChI is InChI=1S/C21H19N5O2/c1-10-4-2-3-5-12(10)15-6-11-7-16(23-8-13(11)19(22)25-15)26-21(28)18-14-9-24-20(27)17(14)18/h2-8,14,17-18H,9H2,1H3,(H2,22,25)(H,24,27)(H,23,26,28)/t14-,17+,18+/m0/s1. The largest absolute Gasteiger partial charge is 0.383 e. The fraction of sp³-hybridized carbons (Fsp3) is 0.238. The monoisotopic (exact) mass is 373 g/mol. The number of benzene rings is 1. The number of aromatic nitrogens is 2. The van der Waals surface area contributed by atoms with Crippen molar-refractivity contribution in [2.24, 2.45) is 17.8 Å². The van der Waals surface area contributed by atoms with E-state index in [2.05, 4.69) is 20.6 Å². The Morgan fingerprint density at radius 3 is 2.86 bits per heavy atom. The molecule has 0 radical (unpaired) electrons. The molecule has 5 rings (SSSR count). The van der Waals surface area contributed by atoms with E-state index in [4.69, 9.17) is 5.73 Å². The molecule has 1 aliphatic carbocycles. The number of pyridine rings is 2. The summed E-state index contributed by atoms with van der Waals surface area (Å²) in [4.78, 5) is 33.0. The Kier molecular flexibility index (Phi) is 3.58. The van der Waals surface area contributed by atoms with Gasteiger partial charge in [0, 0.05) is 29.6 Å². The van der Waals surface area contributed by atoms with E-state index >= 15 is 0 Å². The summed E-state index contributed by atoms with van der Waals surface area (Å²) in [6, 6.07) is 11.7. The highest BCUT2D eigenvalue weighted by Crippen LogP contribution is 2.49. The molecule has 1 saturated heterocycles. The van der Waals surface area contributed by atoms with Crippen molar-refractivity contribution in [1.82, 2.24) is 15.3 Å². The van der Waals surface area contributed by atoms with Crippen LogP contribution < -0.4 is 16.4 Å². The SMILES string of the molecule is Cc1ccccc1-c1cc2cc(NC(=O)[C@@H]3[C@H]4CNC(=O)[C@H]43)ncc2c(N)n1.